The second kappa shape index (κ2) is 6.34. The molecule has 0 aromatic heterocycles. The Labute approximate surface area is 169 Å². The number of rotatable bonds is 2. The second-order valence-electron chi connectivity index (χ2n) is 10.1. The topological polar surface area (TPSA) is 0 Å². The van der Waals surface area contributed by atoms with Crippen molar-refractivity contribution in [3.05, 3.63) is 92.2 Å². The maximum absolute atomic E-state index is 2.38. The third-order valence-electron chi connectivity index (χ3n) is 6.05. The van der Waals surface area contributed by atoms with E-state index in [-0.39, 0.29) is 10.8 Å². The quantitative estimate of drug-likeness (QED) is 0.346. The fraction of sp³-hybridized carbons (Fsp3) is 0.357. The molecule has 0 heterocycles. The van der Waals surface area contributed by atoms with Gasteiger partial charge in [0, 0.05) is 0 Å². The molecule has 3 aromatic rings. The third kappa shape index (κ3) is 2.82. The van der Waals surface area contributed by atoms with Crippen LogP contribution >= 0.6 is 0 Å². The van der Waals surface area contributed by atoms with Gasteiger partial charge in [-0.25, -0.2) is 0 Å². The van der Waals surface area contributed by atoms with Gasteiger partial charge in [-0.3, -0.25) is 0 Å². The van der Waals surface area contributed by atoms with E-state index in [1.165, 1.54) is 48.7 Å². The van der Waals surface area contributed by atoms with Crippen molar-refractivity contribution in [2.45, 2.75) is 65.7 Å². The molecule has 1 aliphatic carbocycles. The zero-order chi connectivity index (χ0) is 20.3. The van der Waals surface area contributed by atoms with Crippen LogP contribution in [0.3, 0.4) is 0 Å². The van der Waals surface area contributed by atoms with Crippen LogP contribution in [0, 0.1) is 20.9 Å². The molecule has 4 rings (SSSR count). The van der Waals surface area contributed by atoms with Crippen molar-refractivity contribution < 1.29 is 0 Å². The molecule has 3 aromatic carbocycles. The zero-order valence-electron chi connectivity index (χ0n) is 18.4. The monoisotopic (exact) mass is 368 g/mol. The highest BCUT2D eigenvalue weighted by Crippen LogP contribution is 2.43. The molecular formula is C28H32. The number of fused-ring (bicyclic) bond motifs is 2. The SMILES string of the molecule is CCc1ccc(C(C)(C)C)c(-c2cccc3c2=c2ccccc2=3)c1C(C)(C)C. The van der Waals surface area contributed by atoms with Crippen LogP contribution in [-0.2, 0) is 17.3 Å². The number of benzene rings is 3. The molecule has 0 unspecified atom stereocenters. The Morgan fingerprint density at radius 3 is 1.89 bits per heavy atom. The van der Waals surface area contributed by atoms with Crippen LogP contribution in [-0.4, -0.2) is 0 Å². The summed E-state index contributed by atoms with van der Waals surface area (Å²) >= 11 is 0. The summed E-state index contributed by atoms with van der Waals surface area (Å²) in [7, 11) is 0. The molecule has 0 nitrogen and oxygen atoms in total. The van der Waals surface area contributed by atoms with E-state index >= 15 is 0 Å². The van der Waals surface area contributed by atoms with Crippen molar-refractivity contribution >= 4 is 0 Å². The highest BCUT2D eigenvalue weighted by atomic mass is 14.3. The lowest BCUT2D eigenvalue weighted by molar-refractivity contribution is 0.567. The summed E-state index contributed by atoms with van der Waals surface area (Å²) in [5, 5.41) is 5.62. The summed E-state index contributed by atoms with van der Waals surface area (Å²) in [5.74, 6) is 0. The van der Waals surface area contributed by atoms with Crippen LogP contribution in [0.25, 0.3) is 11.1 Å². The van der Waals surface area contributed by atoms with Gasteiger partial charge in [0.05, 0.1) is 0 Å². The second-order valence-corrected chi connectivity index (χ2v) is 10.1. The maximum atomic E-state index is 2.38. The lowest BCUT2D eigenvalue weighted by Crippen LogP contribution is -2.21. The lowest BCUT2D eigenvalue weighted by Gasteiger charge is -2.33. The van der Waals surface area contributed by atoms with Gasteiger partial charge in [-0.15, -0.1) is 0 Å². The minimum atomic E-state index is 0.0909. The Bertz CT molecular complexity index is 1250. The van der Waals surface area contributed by atoms with Gasteiger partial charge < -0.3 is 0 Å². The molecule has 0 saturated carbocycles. The van der Waals surface area contributed by atoms with Gasteiger partial charge in [0.15, 0.2) is 0 Å². The zero-order valence-corrected chi connectivity index (χ0v) is 18.4. The van der Waals surface area contributed by atoms with E-state index in [2.05, 4.69) is 103 Å². The molecule has 0 radical (unpaired) electrons. The normalized spacial score (nSPS) is 13.0. The molecule has 0 bridgehead atoms. The van der Waals surface area contributed by atoms with Crippen molar-refractivity contribution in [2.75, 3.05) is 0 Å². The first-order valence-electron chi connectivity index (χ1n) is 10.5. The summed E-state index contributed by atoms with van der Waals surface area (Å²) in [4.78, 5) is 0. The van der Waals surface area contributed by atoms with Gasteiger partial charge in [0.1, 0.15) is 0 Å². The van der Waals surface area contributed by atoms with Crippen LogP contribution in [0.5, 0.6) is 0 Å². The maximum Gasteiger partial charge on any atom is -0.00201 e. The van der Waals surface area contributed by atoms with E-state index in [1.54, 1.807) is 0 Å². The van der Waals surface area contributed by atoms with Gasteiger partial charge in [-0.1, -0.05) is 103 Å². The molecule has 0 spiro atoms. The molecule has 28 heavy (non-hydrogen) atoms. The van der Waals surface area contributed by atoms with Crippen molar-refractivity contribution in [1.29, 1.82) is 0 Å². The van der Waals surface area contributed by atoms with Gasteiger partial charge in [-0.05, 0) is 65.9 Å². The number of aryl methyl sites for hydroxylation is 1. The van der Waals surface area contributed by atoms with Crippen LogP contribution in [0.2, 0.25) is 0 Å². The highest BCUT2D eigenvalue weighted by molar-refractivity contribution is 5.76. The van der Waals surface area contributed by atoms with E-state index in [4.69, 9.17) is 0 Å². The Balaban J connectivity index is 2.22. The van der Waals surface area contributed by atoms with E-state index in [0.717, 1.165) is 6.42 Å². The standard InChI is InChI=1S/C28H32/c1-8-18-16-17-23(27(2,3)4)25(26(18)28(5,6)7)22-15-11-14-21-19-12-9-10-13-20(19)24(21)22/h9-17H,8H2,1-7H3. The van der Waals surface area contributed by atoms with Gasteiger partial charge in [0.2, 0.25) is 0 Å². The van der Waals surface area contributed by atoms with E-state index in [0.29, 0.717) is 0 Å². The van der Waals surface area contributed by atoms with E-state index in [1.807, 2.05) is 0 Å². The minimum absolute atomic E-state index is 0.0909. The smallest absolute Gasteiger partial charge is 0.00201 e. The Morgan fingerprint density at radius 2 is 1.29 bits per heavy atom. The molecule has 0 fully saturated rings. The van der Waals surface area contributed by atoms with E-state index in [9.17, 15) is 0 Å². The molecule has 0 N–H and O–H groups in total. The summed E-state index contributed by atoms with van der Waals surface area (Å²) in [6, 6.07) is 20.4. The fourth-order valence-corrected chi connectivity index (χ4v) is 4.85. The Kier molecular flexibility index (Phi) is 4.30. The molecular weight excluding hydrogens is 336 g/mol. The molecule has 0 heteroatoms. The molecule has 0 amide bonds. The van der Waals surface area contributed by atoms with Gasteiger partial charge in [0.25, 0.3) is 0 Å². The Hall–Kier alpha value is -2.34. The predicted octanol–water partition coefficient (Wildman–Crippen LogP) is 7.40. The average molecular weight is 369 g/mol. The largest absolute Gasteiger partial charge is 0.0616 e. The minimum Gasteiger partial charge on any atom is -0.0616 e. The first-order valence-corrected chi connectivity index (χ1v) is 10.5. The Morgan fingerprint density at radius 1 is 0.643 bits per heavy atom. The van der Waals surface area contributed by atoms with Crippen molar-refractivity contribution in [3.63, 3.8) is 0 Å². The van der Waals surface area contributed by atoms with Crippen molar-refractivity contribution in [2.24, 2.45) is 0 Å². The number of hydrogen-bond donors (Lipinski definition) is 0. The summed E-state index contributed by atoms with van der Waals surface area (Å²) < 4.78 is 0. The predicted molar refractivity (Wildman–Crippen MR) is 120 cm³/mol. The highest BCUT2D eigenvalue weighted by Gasteiger charge is 2.29. The van der Waals surface area contributed by atoms with Gasteiger partial charge >= 0.3 is 0 Å². The summed E-state index contributed by atoms with van der Waals surface area (Å²) in [6.07, 6.45) is 1.07. The van der Waals surface area contributed by atoms with Crippen LogP contribution in [0.15, 0.2) is 54.6 Å². The molecule has 0 aliphatic heterocycles. The lowest BCUT2D eigenvalue weighted by atomic mass is 9.71. The van der Waals surface area contributed by atoms with Crippen molar-refractivity contribution in [3.8, 4) is 11.1 Å². The number of hydrogen-bond acceptors (Lipinski definition) is 0. The molecule has 0 atom stereocenters. The molecule has 144 valence electrons. The van der Waals surface area contributed by atoms with Crippen LogP contribution in [0.4, 0.5) is 0 Å². The van der Waals surface area contributed by atoms with Crippen LogP contribution in [0.1, 0.15) is 65.2 Å². The average Bonchev–Trinajstić information content (AvgIpc) is 2.62. The third-order valence-corrected chi connectivity index (χ3v) is 6.05. The first-order chi connectivity index (χ1) is 13.1. The van der Waals surface area contributed by atoms with Gasteiger partial charge in [-0.2, -0.15) is 0 Å². The van der Waals surface area contributed by atoms with E-state index < -0.39 is 0 Å². The first kappa shape index (κ1) is 19.0. The molecule has 0 saturated heterocycles. The summed E-state index contributed by atoms with van der Waals surface area (Å²) in [6.45, 7) is 16.4. The fourth-order valence-electron chi connectivity index (χ4n) is 4.85. The van der Waals surface area contributed by atoms with Crippen molar-refractivity contribution in [1.82, 2.24) is 0 Å². The summed E-state index contributed by atoms with van der Waals surface area (Å²) in [5.41, 5.74) is 7.49. The molecule has 1 aliphatic rings. The van der Waals surface area contributed by atoms with Crippen LogP contribution < -0.4 is 0 Å².